The fourth-order valence-corrected chi connectivity index (χ4v) is 4.50. The molecule has 0 fully saturated rings. The number of amidine groups is 1. The summed E-state index contributed by atoms with van der Waals surface area (Å²) < 4.78 is 7.01. The van der Waals surface area contributed by atoms with Crippen LogP contribution < -0.4 is 10.9 Å². The van der Waals surface area contributed by atoms with Crippen molar-refractivity contribution in [2.24, 2.45) is 5.10 Å². The highest BCUT2D eigenvalue weighted by Crippen LogP contribution is 2.44. The third kappa shape index (κ3) is 3.33. The van der Waals surface area contributed by atoms with E-state index in [2.05, 4.69) is 42.3 Å². The van der Waals surface area contributed by atoms with Crippen LogP contribution in [0.5, 0.6) is 0 Å². The van der Waals surface area contributed by atoms with Crippen molar-refractivity contribution in [3.63, 3.8) is 0 Å². The van der Waals surface area contributed by atoms with Crippen molar-refractivity contribution in [3.05, 3.63) is 43.1 Å². The lowest BCUT2D eigenvalue weighted by molar-refractivity contribution is -0.131. The standard InChI is InChI=1S/C16H13Br2N3O4S/c1-7(22)19-15-20-21(8(2)23)16(3,26-15)10-4-9-5-11(17)12(18)6-13(9)25-14(10)24/h4-6H,1-3H3,(H,19,20,22). The maximum atomic E-state index is 12.6. The first-order valence-corrected chi connectivity index (χ1v) is 9.81. The van der Waals surface area contributed by atoms with Crippen molar-refractivity contribution in [3.8, 4) is 0 Å². The SMILES string of the molecule is CC(=O)NC1=NN(C(C)=O)C(C)(c2cc3cc(Br)c(Br)cc3oc2=O)S1. The monoisotopic (exact) mass is 501 g/mol. The zero-order valence-electron chi connectivity index (χ0n) is 13.9. The number of amides is 2. The number of nitrogens with zero attached hydrogens (tertiary/aromatic N) is 2. The molecular weight excluding hydrogens is 490 g/mol. The van der Waals surface area contributed by atoms with Crippen LogP contribution in [-0.2, 0) is 14.5 Å². The zero-order valence-corrected chi connectivity index (χ0v) is 17.9. The van der Waals surface area contributed by atoms with Gasteiger partial charge >= 0.3 is 5.63 Å². The van der Waals surface area contributed by atoms with Gasteiger partial charge in [-0.15, -0.1) is 5.10 Å². The van der Waals surface area contributed by atoms with E-state index in [-0.39, 0.29) is 22.5 Å². The number of fused-ring (bicyclic) bond motifs is 1. The van der Waals surface area contributed by atoms with E-state index in [9.17, 15) is 14.4 Å². The third-order valence-electron chi connectivity index (χ3n) is 3.75. The molecule has 0 saturated heterocycles. The lowest BCUT2D eigenvalue weighted by atomic mass is 10.1. The second-order valence-corrected chi connectivity index (χ2v) is 8.85. The summed E-state index contributed by atoms with van der Waals surface area (Å²) >= 11 is 7.90. The van der Waals surface area contributed by atoms with Crippen LogP contribution in [0.15, 0.2) is 41.5 Å². The fourth-order valence-electron chi connectivity index (χ4n) is 2.62. The highest BCUT2D eigenvalue weighted by Gasteiger charge is 2.46. The molecule has 2 amide bonds. The summed E-state index contributed by atoms with van der Waals surface area (Å²) in [5, 5.41) is 8.81. The number of hydrogen-bond donors (Lipinski definition) is 1. The average Bonchev–Trinajstić information content (AvgIpc) is 2.85. The van der Waals surface area contributed by atoms with Crippen molar-refractivity contribution in [2.75, 3.05) is 0 Å². The molecule has 7 nitrogen and oxygen atoms in total. The Labute approximate surface area is 169 Å². The van der Waals surface area contributed by atoms with Crippen LogP contribution in [0.2, 0.25) is 0 Å². The van der Waals surface area contributed by atoms with Crippen molar-refractivity contribution < 1.29 is 14.0 Å². The Morgan fingerprint density at radius 1 is 1.23 bits per heavy atom. The van der Waals surface area contributed by atoms with E-state index in [0.29, 0.717) is 11.0 Å². The van der Waals surface area contributed by atoms with Gasteiger partial charge in [0.2, 0.25) is 11.8 Å². The number of nitrogens with one attached hydrogen (secondary N) is 1. The molecule has 10 heteroatoms. The quantitative estimate of drug-likeness (QED) is 0.602. The van der Waals surface area contributed by atoms with Crippen molar-refractivity contribution in [2.45, 2.75) is 25.6 Å². The lowest BCUT2D eigenvalue weighted by Crippen LogP contribution is -2.40. The molecule has 1 aromatic carbocycles. The first-order chi connectivity index (χ1) is 12.1. The average molecular weight is 503 g/mol. The molecule has 1 unspecified atom stereocenters. The number of carbonyl (C=O) groups excluding carboxylic acids is 2. The number of halogens is 2. The number of benzene rings is 1. The maximum Gasteiger partial charge on any atom is 0.342 e. The van der Waals surface area contributed by atoms with Crippen LogP contribution in [-0.4, -0.2) is 22.0 Å². The minimum Gasteiger partial charge on any atom is -0.422 e. The molecule has 2 heterocycles. The highest BCUT2D eigenvalue weighted by molar-refractivity contribution is 9.13. The van der Waals surface area contributed by atoms with Crippen LogP contribution >= 0.6 is 43.6 Å². The molecule has 1 N–H and O–H groups in total. The van der Waals surface area contributed by atoms with Gasteiger partial charge in [0.05, 0.1) is 5.56 Å². The zero-order chi connectivity index (χ0) is 19.2. The summed E-state index contributed by atoms with van der Waals surface area (Å²) in [7, 11) is 0. The largest absolute Gasteiger partial charge is 0.422 e. The molecule has 1 aliphatic heterocycles. The van der Waals surface area contributed by atoms with Gasteiger partial charge in [-0.1, -0.05) is 11.8 Å². The van der Waals surface area contributed by atoms with Crippen LogP contribution in [0.3, 0.4) is 0 Å². The Hall–Kier alpha value is -1.65. The van der Waals surface area contributed by atoms with E-state index in [4.69, 9.17) is 4.42 Å². The number of carbonyl (C=O) groups is 2. The predicted molar refractivity (Wildman–Crippen MR) is 107 cm³/mol. The number of rotatable bonds is 1. The maximum absolute atomic E-state index is 12.6. The molecule has 136 valence electrons. The molecule has 1 aromatic heterocycles. The molecule has 1 atom stereocenters. The van der Waals surface area contributed by atoms with Gasteiger partial charge in [-0.3, -0.25) is 9.59 Å². The van der Waals surface area contributed by atoms with Gasteiger partial charge in [0.15, 0.2) is 5.17 Å². The molecule has 0 bridgehead atoms. The Morgan fingerprint density at radius 3 is 2.50 bits per heavy atom. The Morgan fingerprint density at radius 2 is 1.88 bits per heavy atom. The van der Waals surface area contributed by atoms with E-state index < -0.39 is 10.5 Å². The fraction of sp³-hybridized carbons (Fsp3) is 0.250. The first kappa shape index (κ1) is 19.1. The lowest BCUT2D eigenvalue weighted by Gasteiger charge is -2.29. The number of thioether (sulfide) groups is 1. The van der Waals surface area contributed by atoms with Gasteiger partial charge in [0.25, 0.3) is 0 Å². The summed E-state index contributed by atoms with van der Waals surface area (Å²) in [6.45, 7) is 4.37. The third-order valence-corrected chi connectivity index (χ3v) is 6.76. The minimum absolute atomic E-state index is 0.242. The summed E-state index contributed by atoms with van der Waals surface area (Å²) in [4.78, 5) is 34.9. The van der Waals surface area contributed by atoms with Crippen molar-refractivity contribution in [1.82, 2.24) is 10.3 Å². The van der Waals surface area contributed by atoms with E-state index >= 15 is 0 Å². The molecule has 0 aliphatic carbocycles. The van der Waals surface area contributed by atoms with E-state index in [0.717, 1.165) is 20.7 Å². The van der Waals surface area contributed by atoms with Gasteiger partial charge in [-0.25, -0.2) is 9.80 Å². The van der Waals surface area contributed by atoms with Crippen molar-refractivity contribution >= 4 is 71.6 Å². The van der Waals surface area contributed by atoms with Crippen LogP contribution in [0.25, 0.3) is 11.0 Å². The van der Waals surface area contributed by atoms with Crippen LogP contribution in [0.1, 0.15) is 26.3 Å². The number of hydrazone groups is 1. The van der Waals surface area contributed by atoms with Gasteiger partial charge in [0, 0.05) is 28.2 Å². The smallest absolute Gasteiger partial charge is 0.342 e. The van der Waals surface area contributed by atoms with Gasteiger partial charge in [0.1, 0.15) is 10.5 Å². The van der Waals surface area contributed by atoms with E-state index in [1.165, 1.54) is 18.9 Å². The molecule has 1 aliphatic rings. The molecule has 0 saturated carbocycles. The molecule has 2 aromatic rings. The molecule has 26 heavy (non-hydrogen) atoms. The summed E-state index contributed by atoms with van der Waals surface area (Å²) in [5.41, 5.74) is 0.0913. The highest BCUT2D eigenvalue weighted by atomic mass is 79.9. The molecular formula is C16H13Br2N3O4S. The van der Waals surface area contributed by atoms with E-state index in [1.807, 2.05) is 6.07 Å². The van der Waals surface area contributed by atoms with Gasteiger partial charge in [-0.05, 0) is 57.0 Å². The number of hydrogen-bond acceptors (Lipinski definition) is 6. The van der Waals surface area contributed by atoms with Crippen molar-refractivity contribution in [1.29, 1.82) is 0 Å². The van der Waals surface area contributed by atoms with Gasteiger partial charge < -0.3 is 9.73 Å². The van der Waals surface area contributed by atoms with Crippen LogP contribution in [0, 0.1) is 0 Å². The van der Waals surface area contributed by atoms with Crippen LogP contribution in [0.4, 0.5) is 0 Å². The predicted octanol–water partition coefficient (Wildman–Crippen LogP) is 3.49. The molecule has 3 rings (SSSR count). The summed E-state index contributed by atoms with van der Waals surface area (Å²) in [5.74, 6) is -0.680. The Kier molecular flexibility index (Phi) is 5.02. The Bertz CT molecular complexity index is 1040. The first-order valence-electron chi connectivity index (χ1n) is 7.41. The Balaban J connectivity index is 2.16. The summed E-state index contributed by atoms with van der Waals surface area (Å²) in [6.07, 6.45) is 0. The summed E-state index contributed by atoms with van der Waals surface area (Å²) in [6, 6.07) is 5.17. The minimum atomic E-state index is -1.14. The topological polar surface area (TPSA) is 92.0 Å². The molecule has 0 spiro atoms. The van der Waals surface area contributed by atoms with Gasteiger partial charge in [-0.2, -0.15) is 0 Å². The second-order valence-electron chi connectivity index (χ2n) is 5.75. The molecule has 0 radical (unpaired) electrons. The van der Waals surface area contributed by atoms with E-state index in [1.54, 1.807) is 19.1 Å². The normalized spacial score (nSPS) is 19.6. The second kappa shape index (κ2) is 6.82.